The second-order valence-electron chi connectivity index (χ2n) is 7.37. The number of rotatable bonds is 7. The summed E-state index contributed by atoms with van der Waals surface area (Å²) in [4.78, 5) is 29.8. The first-order valence-corrected chi connectivity index (χ1v) is 9.89. The van der Waals surface area contributed by atoms with E-state index in [9.17, 15) is 9.59 Å². The third-order valence-corrected chi connectivity index (χ3v) is 5.43. The Bertz CT molecular complexity index is 785. The van der Waals surface area contributed by atoms with Crippen LogP contribution < -0.4 is 5.32 Å². The van der Waals surface area contributed by atoms with Crippen molar-refractivity contribution in [1.29, 1.82) is 0 Å². The zero-order chi connectivity index (χ0) is 19.9. The van der Waals surface area contributed by atoms with Crippen LogP contribution in [0.25, 0.3) is 0 Å². The predicted octanol–water partition coefficient (Wildman–Crippen LogP) is 3.27. The maximum Gasteiger partial charge on any atom is 0.227 e. The highest BCUT2D eigenvalue weighted by atomic mass is 35.5. The van der Waals surface area contributed by atoms with Gasteiger partial charge in [0.15, 0.2) is 0 Å². The highest BCUT2D eigenvalue weighted by molar-refractivity contribution is 5.85. The molecule has 0 aliphatic carbocycles. The molecular formula is C23H30ClN3O2. The number of nitrogens with zero attached hydrogens (tertiary/aromatic N) is 2. The minimum Gasteiger partial charge on any atom is -0.344 e. The first-order chi connectivity index (χ1) is 13.6. The molecule has 0 bridgehead atoms. The van der Waals surface area contributed by atoms with E-state index in [4.69, 9.17) is 0 Å². The lowest BCUT2D eigenvalue weighted by molar-refractivity contribution is -0.148. The van der Waals surface area contributed by atoms with E-state index in [1.54, 1.807) is 4.90 Å². The summed E-state index contributed by atoms with van der Waals surface area (Å²) in [5.74, 6) is -0.0139. The molecule has 156 valence electrons. The molecule has 0 saturated carbocycles. The summed E-state index contributed by atoms with van der Waals surface area (Å²) in [5, 5.41) is 3.09. The van der Waals surface area contributed by atoms with E-state index in [0.717, 1.165) is 17.7 Å². The molecular weight excluding hydrogens is 386 g/mol. The van der Waals surface area contributed by atoms with Gasteiger partial charge < -0.3 is 15.1 Å². The van der Waals surface area contributed by atoms with Gasteiger partial charge >= 0.3 is 0 Å². The molecule has 2 aromatic rings. The molecule has 6 heteroatoms. The van der Waals surface area contributed by atoms with Crippen LogP contribution in [0.2, 0.25) is 0 Å². The minimum absolute atomic E-state index is 0. The first-order valence-electron chi connectivity index (χ1n) is 9.89. The molecule has 1 N–H and O–H groups in total. The van der Waals surface area contributed by atoms with Crippen molar-refractivity contribution < 1.29 is 9.59 Å². The largest absolute Gasteiger partial charge is 0.344 e. The van der Waals surface area contributed by atoms with Crippen molar-refractivity contribution in [3.63, 3.8) is 0 Å². The number of hydrogen-bond acceptors (Lipinski definition) is 3. The van der Waals surface area contributed by atoms with Gasteiger partial charge in [0, 0.05) is 33.1 Å². The monoisotopic (exact) mass is 415 g/mol. The fourth-order valence-corrected chi connectivity index (χ4v) is 3.91. The Labute approximate surface area is 179 Å². The molecule has 0 radical (unpaired) electrons. The van der Waals surface area contributed by atoms with Crippen molar-refractivity contribution in [2.75, 3.05) is 27.2 Å². The molecule has 1 saturated heterocycles. The fraction of sp³-hybridized carbons (Fsp3) is 0.391. The Morgan fingerprint density at radius 1 is 1.10 bits per heavy atom. The lowest BCUT2D eigenvalue weighted by Crippen LogP contribution is -2.48. The average molecular weight is 416 g/mol. The van der Waals surface area contributed by atoms with Gasteiger partial charge in [0.05, 0.1) is 12.0 Å². The third-order valence-electron chi connectivity index (χ3n) is 5.43. The number of carbonyl (C=O) groups excluding carboxylic acids is 2. The van der Waals surface area contributed by atoms with Crippen LogP contribution in [0.5, 0.6) is 0 Å². The summed E-state index contributed by atoms with van der Waals surface area (Å²) in [6, 6.07) is 19.7. The number of nitrogens with one attached hydrogen (secondary N) is 1. The molecule has 0 spiro atoms. The molecule has 2 amide bonds. The summed E-state index contributed by atoms with van der Waals surface area (Å²) in [5.41, 5.74) is 2.10. The van der Waals surface area contributed by atoms with Crippen LogP contribution >= 0.6 is 12.4 Å². The van der Waals surface area contributed by atoms with E-state index in [0.29, 0.717) is 25.9 Å². The van der Waals surface area contributed by atoms with Crippen LogP contribution in [-0.2, 0) is 16.1 Å². The minimum atomic E-state index is -0.243. The topological polar surface area (TPSA) is 52.7 Å². The maximum atomic E-state index is 13.3. The van der Waals surface area contributed by atoms with Gasteiger partial charge in [0.1, 0.15) is 0 Å². The third kappa shape index (κ3) is 5.58. The van der Waals surface area contributed by atoms with Gasteiger partial charge in [-0.2, -0.15) is 0 Å². The Morgan fingerprint density at radius 3 is 2.34 bits per heavy atom. The van der Waals surface area contributed by atoms with Crippen molar-refractivity contribution in [2.45, 2.75) is 25.4 Å². The molecule has 1 aliphatic heterocycles. The highest BCUT2D eigenvalue weighted by Crippen LogP contribution is 2.38. The average Bonchev–Trinajstić information content (AvgIpc) is 2.74. The molecule has 1 fully saturated rings. The van der Waals surface area contributed by atoms with Gasteiger partial charge in [-0.3, -0.25) is 9.59 Å². The summed E-state index contributed by atoms with van der Waals surface area (Å²) in [7, 11) is 3.73. The van der Waals surface area contributed by atoms with Crippen molar-refractivity contribution in [3.05, 3.63) is 71.8 Å². The van der Waals surface area contributed by atoms with E-state index in [-0.39, 0.29) is 36.2 Å². The molecule has 2 aromatic carbocycles. The number of carbonyl (C=O) groups is 2. The van der Waals surface area contributed by atoms with Gasteiger partial charge in [0.25, 0.3) is 0 Å². The number of amides is 2. The molecule has 2 unspecified atom stereocenters. The quantitative estimate of drug-likeness (QED) is 0.755. The van der Waals surface area contributed by atoms with E-state index in [1.807, 2.05) is 79.7 Å². The number of likely N-dealkylation sites (N-methyl/N-ethyl adjacent to an activating group) is 2. The first kappa shape index (κ1) is 22.9. The Morgan fingerprint density at radius 2 is 1.72 bits per heavy atom. The summed E-state index contributed by atoms with van der Waals surface area (Å²) in [6.45, 7) is 1.92. The standard InChI is InChI=1S/C23H29N3O2.ClH/c1-24-15-16-25(2)23(28)20-13-14-21(27)26(17-18-9-5-3-6-10-18)22(20)19-11-7-4-8-12-19;/h3-12,20,22,24H,13-17H2,1-2H3;1H. The van der Waals surface area contributed by atoms with Gasteiger partial charge in [-0.15, -0.1) is 12.4 Å². The van der Waals surface area contributed by atoms with Crippen LogP contribution in [0.15, 0.2) is 60.7 Å². The van der Waals surface area contributed by atoms with Crippen LogP contribution in [0, 0.1) is 5.92 Å². The molecule has 2 atom stereocenters. The van der Waals surface area contributed by atoms with Gasteiger partial charge in [-0.1, -0.05) is 60.7 Å². The molecule has 1 aliphatic rings. The summed E-state index contributed by atoms with van der Waals surface area (Å²) in [6.07, 6.45) is 0.999. The van der Waals surface area contributed by atoms with E-state index < -0.39 is 0 Å². The number of benzene rings is 2. The molecule has 0 aromatic heterocycles. The van der Waals surface area contributed by atoms with Gasteiger partial charge in [-0.05, 0) is 24.6 Å². The van der Waals surface area contributed by atoms with Gasteiger partial charge in [-0.25, -0.2) is 0 Å². The smallest absolute Gasteiger partial charge is 0.227 e. The molecule has 29 heavy (non-hydrogen) atoms. The highest BCUT2D eigenvalue weighted by Gasteiger charge is 2.41. The number of likely N-dealkylation sites (tertiary alicyclic amines) is 1. The van der Waals surface area contributed by atoms with Crippen molar-refractivity contribution in [3.8, 4) is 0 Å². The van der Waals surface area contributed by atoms with Crippen LogP contribution in [0.1, 0.15) is 30.0 Å². The normalized spacial score (nSPS) is 18.8. The lowest BCUT2D eigenvalue weighted by Gasteiger charge is -2.42. The molecule has 3 rings (SSSR count). The van der Waals surface area contributed by atoms with Gasteiger partial charge in [0.2, 0.25) is 11.8 Å². The maximum absolute atomic E-state index is 13.3. The van der Waals surface area contributed by atoms with E-state index >= 15 is 0 Å². The number of piperidine rings is 1. The van der Waals surface area contributed by atoms with Crippen molar-refractivity contribution in [2.24, 2.45) is 5.92 Å². The summed E-state index contributed by atoms with van der Waals surface area (Å²) < 4.78 is 0. The van der Waals surface area contributed by atoms with Crippen LogP contribution in [0.3, 0.4) is 0 Å². The zero-order valence-electron chi connectivity index (χ0n) is 17.1. The number of halogens is 1. The summed E-state index contributed by atoms with van der Waals surface area (Å²) >= 11 is 0. The van der Waals surface area contributed by atoms with E-state index in [1.165, 1.54) is 0 Å². The lowest BCUT2D eigenvalue weighted by atomic mass is 9.83. The predicted molar refractivity (Wildman–Crippen MR) is 118 cm³/mol. The Kier molecular flexibility index (Phi) is 8.68. The van der Waals surface area contributed by atoms with Crippen molar-refractivity contribution >= 4 is 24.2 Å². The van der Waals surface area contributed by atoms with Crippen molar-refractivity contribution in [1.82, 2.24) is 15.1 Å². The second-order valence-corrected chi connectivity index (χ2v) is 7.37. The second kappa shape index (κ2) is 11.0. The Balaban J connectivity index is 0.00000300. The SMILES string of the molecule is CNCCN(C)C(=O)C1CCC(=O)N(Cc2ccccc2)C1c1ccccc1.Cl. The molecule has 1 heterocycles. The molecule has 5 nitrogen and oxygen atoms in total. The van der Waals surface area contributed by atoms with Crippen LogP contribution in [-0.4, -0.2) is 48.8 Å². The zero-order valence-corrected chi connectivity index (χ0v) is 17.9. The Hall–Kier alpha value is -2.37. The van der Waals surface area contributed by atoms with Crippen LogP contribution in [0.4, 0.5) is 0 Å². The number of hydrogen-bond donors (Lipinski definition) is 1. The van der Waals surface area contributed by atoms with E-state index in [2.05, 4.69) is 5.32 Å². The fourth-order valence-electron chi connectivity index (χ4n) is 3.91.